The van der Waals surface area contributed by atoms with Gasteiger partial charge in [-0.25, -0.2) is 9.98 Å². The number of phenolic OH excluding ortho intramolecular Hbond substituents is 1. The number of aryl methyl sites for hydroxylation is 1. The molecule has 4 aromatic carbocycles. The summed E-state index contributed by atoms with van der Waals surface area (Å²) in [5.74, 6) is 1.48. The van der Waals surface area contributed by atoms with Crippen LogP contribution >= 0.6 is 0 Å². The summed E-state index contributed by atoms with van der Waals surface area (Å²) in [6.45, 7) is 3.85. The first-order valence-electron chi connectivity index (χ1n) is 17.1. The van der Waals surface area contributed by atoms with Crippen LogP contribution in [0.1, 0.15) is 59.0 Å². The van der Waals surface area contributed by atoms with Crippen molar-refractivity contribution in [1.29, 1.82) is 0 Å². The Hall–Kier alpha value is -5.49. The molecule has 0 fully saturated rings. The number of aliphatic hydroxyl groups excluding tert-OH is 1. The molecule has 240 valence electrons. The summed E-state index contributed by atoms with van der Waals surface area (Å²) in [5, 5.41) is 28.1. The molecule has 6 nitrogen and oxygen atoms in total. The third-order valence-corrected chi connectivity index (χ3v) is 10.9. The van der Waals surface area contributed by atoms with Crippen LogP contribution in [-0.4, -0.2) is 37.6 Å². The van der Waals surface area contributed by atoms with Crippen LogP contribution in [0.2, 0.25) is 5.82 Å². The Bertz CT molecular complexity index is 2400. The molecule has 1 aliphatic heterocycles. The van der Waals surface area contributed by atoms with E-state index in [4.69, 9.17) is 30.1 Å². The predicted octanol–water partition coefficient (Wildman–Crippen LogP) is 7.78. The van der Waals surface area contributed by atoms with E-state index in [1.165, 1.54) is 5.56 Å². The Balaban J connectivity index is 1.16. The van der Waals surface area contributed by atoms with Gasteiger partial charge in [0.15, 0.2) is 6.17 Å². The number of aliphatic imine (C=N–C) groups is 2. The summed E-state index contributed by atoms with van der Waals surface area (Å²) in [6, 6.07) is 28.0. The second kappa shape index (κ2) is 11.5. The van der Waals surface area contributed by atoms with Crippen molar-refractivity contribution in [2.24, 2.45) is 9.98 Å². The zero-order valence-electron chi connectivity index (χ0n) is 27.9. The summed E-state index contributed by atoms with van der Waals surface area (Å²) in [6.07, 6.45) is 3.58. The Kier molecular flexibility index (Phi) is 7.06. The number of nitrogens with one attached hydrogen (secondary N) is 1. The first-order valence-corrected chi connectivity index (χ1v) is 17.1. The van der Waals surface area contributed by atoms with Gasteiger partial charge in [0.2, 0.25) is 0 Å². The highest BCUT2D eigenvalue weighted by Crippen LogP contribution is 2.56. The monoisotopic (exact) mass is 649 g/mol. The van der Waals surface area contributed by atoms with Crippen LogP contribution in [0.15, 0.2) is 127 Å². The van der Waals surface area contributed by atoms with Crippen LogP contribution < -0.4 is 10.8 Å². The molecule has 3 aliphatic carbocycles. The number of fused-ring (bicyclic) bond motifs is 6. The zero-order valence-corrected chi connectivity index (χ0v) is 27.9. The van der Waals surface area contributed by atoms with Crippen molar-refractivity contribution >= 4 is 49.9 Å². The lowest BCUT2D eigenvalue weighted by atomic mass is 9.62. The quantitative estimate of drug-likeness (QED) is 0.174. The van der Waals surface area contributed by atoms with Crippen molar-refractivity contribution in [2.75, 3.05) is 0 Å². The third kappa shape index (κ3) is 4.58. The lowest BCUT2D eigenvalue weighted by Crippen LogP contribution is -2.39. The molecule has 5 aromatic rings. The number of benzene rings is 4. The van der Waals surface area contributed by atoms with E-state index >= 15 is 0 Å². The van der Waals surface area contributed by atoms with Crippen molar-refractivity contribution in [3.63, 3.8) is 0 Å². The Morgan fingerprint density at radius 3 is 2.32 bits per heavy atom. The number of phenols is 1. The lowest BCUT2D eigenvalue weighted by molar-refractivity contribution is 0.407. The Morgan fingerprint density at radius 2 is 1.54 bits per heavy atom. The van der Waals surface area contributed by atoms with Gasteiger partial charge in [-0.2, -0.15) is 0 Å². The van der Waals surface area contributed by atoms with E-state index in [-0.39, 0.29) is 17.4 Å². The van der Waals surface area contributed by atoms with Crippen LogP contribution in [0.3, 0.4) is 0 Å². The van der Waals surface area contributed by atoms with Crippen LogP contribution in [-0.2, 0) is 12.8 Å². The van der Waals surface area contributed by atoms with E-state index in [2.05, 4.69) is 17.5 Å². The Labute approximate surface area is 293 Å². The molecule has 50 heavy (non-hydrogen) atoms. The second-order valence-electron chi connectivity index (χ2n) is 13.6. The van der Waals surface area contributed by atoms with Crippen molar-refractivity contribution in [3.8, 4) is 16.9 Å². The van der Waals surface area contributed by atoms with Crippen LogP contribution in [0, 0.1) is 6.92 Å². The van der Waals surface area contributed by atoms with Gasteiger partial charge < -0.3 is 19.9 Å². The highest BCUT2D eigenvalue weighted by molar-refractivity contribution is 6.38. The van der Waals surface area contributed by atoms with Gasteiger partial charge in [-0.05, 0) is 101 Å². The number of furan rings is 1. The molecule has 9 rings (SSSR count). The average Bonchev–Trinajstić information content (AvgIpc) is 3.73. The summed E-state index contributed by atoms with van der Waals surface area (Å²) >= 11 is 0. The maximum atomic E-state index is 12.3. The molecule has 3 atom stereocenters. The number of hydrogen-bond acceptors (Lipinski definition) is 6. The van der Waals surface area contributed by atoms with E-state index in [0.29, 0.717) is 34.7 Å². The molecule has 2 heterocycles. The smallest absolute Gasteiger partial charge is 0.169 e. The first-order chi connectivity index (χ1) is 24.3. The fourth-order valence-corrected chi connectivity index (χ4v) is 8.30. The molecule has 0 amide bonds. The minimum absolute atomic E-state index is 0.0676. The fraction of sp³-hybridized carbons (Fsp3) is 0.190. The van der Waals surface area contributed by atoms with E-state index in [1.54, 1.807) is 0 Å². The minimum atomic E-state index is -0.531. The van der Waals surface area contributed by atoms with E-state index < -0.39 is 12.0 Å². The van der Waals surface area contributed by atoms with Gasteiger partial charge in [0.25, 0.3) is 0 Å². The van der Waals surface area contributed by atoms with Crippen molar-refractivity contribution in [3.05, 3.63) is 147 Å². The highest BCUT2D eigenvalue weighted by Gasteiger charge is 2.44. The number of para-hydroxylation sites is 1. The van der Waals surface area contributed by atoms with Gasteiger partial charge in [0.1, 0.15) is 42.4 Å². The van der Waals surface area contributed by atoms with Gasteiger partial charge in [0, 0.05) is 16.9 Å². The number of aliphatic hydroxyl groups is 1. The first kappa shape index (κ1) is 30.6. The van der Waals surface area contributed by atoms with Gasteiger partial charge in [0.05, 0.1) is 13.4 Å². The standard InChI is InChI=1S/C42H33B2N3O3/c1-21-28-20-29-35(34(28)33(37(44)38(21)48)23-11-5-3-6-12-23)36(43)22(2)32(39(29)49)42-46-40(24-13-7-4-8-14-24)45-41(47-42)25-17-18-27-26-15-9-10-16-30(26)50-31(27)19-25/h3-16,19,35-36,40,48-49H,17-18,20H2,1-2H3,(H,45,46,47). The molecule has 1 aromatic heterocycles. The molecular weight excluding hydrogens is 616 g/mol. The van der Waals surface area contributed by atoms with Crippen molar-refractivity contribution in [2.45, 2.75) is 51.0 Å². The van der Waals surface area contributed by atoms with Crippen molar-refractivity contribution in [1.82, 2.24) is 5.32 Å². The third-order valence-electron chi connectivity index (χ3n) is 10.9. The number of allylic oxidation sites excluding steroid dienone is 2. The molecule has 3 unspecified atom stereocenters. The van der Waals surface area contributed by atoms with Gasteiger partial charge >= 0.3 is 0 Å². The molecule has 8 heteroatoms. The van der Waals surface area contributed by atoms with Crippen LogP contribution in [0.4, 0.5) is 0 Å². The van der Waals surface area contributed by atoms with Gasteiger partial charge in [-0.1, -0.05) is 84.4 Å². The summed E-state index contributed by atoms with van der Waals surface area (Å²) in [4.78, 5) is 10.2. The molecule has 0 saturated heterocycles. The van der Waals surface area contributed by atoms with Crippen molar-refractivity contribution < 1.29 is 14.6 Å². The topological polar surface area (TPSA) is 90.4 Å². The summed E-state index contributed by atoms with van der Waals surface area (Å²) in [7, 11) is 13.8. The number of rotatable bonds is 4. The molecular formula is C42H33B2N3O3. The maximum Gasteiger partial charge on any atom is 0.169 e. The number of hydrogen-bond donors (Lipinski definition) is 3. The molecule has 4 radical (unpaired) electrons. The molecule has 3 N–H and O–H groups in total. The normalized spacial score (nSPS) is 21.2. The second-order valence-corrected chi connectivity index (χ2v) is 13.6. The van der Waals surface area contributed by atoms with Crippen LogP contribution in [0.25, 0.3) is 28.2 Å². The van der Waals surface area contributed by atoms with Crippen LogP contribution in [0.5, 0.6) is 5.75 Å². The number of amidine groups is 2. The summed E-state index contributed by atoms with van der Waals surface area (Å²) in [5.41, 5.74) is 10.8. The predicted molar refractivity (Wildman–Crippen MR) is 202 cm³/mol. The fourth-order valence-electron chi connectivity index (χ4n) is 8.30. The number of aromatic hydroxyl groups is 1. The highest BCUT2D eigenvalue weighted by atomic mass is 16.3. The van der Waals surface area contributed by atoms with E-state index in [9.17, 15) is 10.2 Å². The molecule has 4 aliphatic rings. The average molecular weight is 649 g/mol. The zero-order chi connectivity index (χ0) is 34.3. The number of nitrogens with zero attached hydrogens (tertiary/aromatic N) is 2. The molecule has 0 bridgehead atoms. The molecule has 0 spiro atoms. The Morgan fingerprint density at radius 1 is 0.840 bits per heavy atom. The lowest BCUT2D eigenvalue weighted by Gasteiger charge is -2.34. The van der Waals surface area contributed by atoms with Gasteiger partial charge in [-0.3, -0.25) is 0 Å². The summed E-state index contributed by atoms with van der Waals surface area (Å²) < 4.78 is 6.27. The van der Waals surface area contributed by atoms with Gasteiger partial charge in [-0.15, -0.1) is 0 Å². The largest absolute Gasteiger partial charge is 0.508 e. The van der Waals surface area contributed by atoms with E-state index in [0.717, 1.165) is 74.1 Å². The minimum Gasteiger partial charge on any atom is -0.508 e. The maximum absolute atomic E-state index is 12.3. The SMILES string of the molecule is [B]c1c(O)c(C)c2c(c1-c1ccccc1)C1C(=C(O)C(C3=NC(c4ccccc4)N=C(C4=Cc5oc6ccccc6c5CC4)N3)=C(C)C1[B])C2. The molecule has 0 saturated carbocycles. The van der Waals surface area contributed by atoms with E-state index in [1.807, 2.05) is 92.7 Å².